The fraction of sp³-hybridized carbons (Fsp3) is 0.583. The number of aromatic carboxylic acids is 1. The fourth-order valence-corrected chi connectivity index (χ4v) is 4.48. The molecule has 3 unspecified atom stereocenters. The van der Waals surface area contributed by atoms with E-state index < -0.39 is 16.0 Å². The highest BCUT2D eigenvalue weighted by atomic mass is 32.2. The van der Waals surface area contributed by atoms with Crippen LogP contribution in [-0.4, -0.2) is 25.5 Å². The van der Waals surface area contributed by atoms with Gasteiger partial charge in [0.15, 0.2) is 0 Å². The molecule has 1 heterocycles. The molecule has 6 nitrogen and oxygen atoms in total. The molecule has 19 heavy (non-hydrogen) atoms. The second-order valence-corrected chi connectivity index (χ2v) is 6.97. The summed E-state index contributed by atoms with van der Waals surface area (Å²) in [6.07, 6.45) is 4.21. The van der Waals surface area contributed by atoms with Gasteiger partial charge in [-0.25, -0.2) is 17.9 Å². The fourth-order valence-electron chi connectivity index (χ4n) is 3.23. The van der Waals surface area contributed by atoms with Gasteiger partial charge in [0.25, 0.3) is 10.0 Å². The van der Waals surface area contributed by atoms with Crippen molar-refractivity contribution in [3.8, 4) is 0 Å². The Labute approximate surface area is 110 Å². The number of fused-ring (bicyclic) bond motifs is 2. The first-order valence-electron chi connectivity index (χ1n) is 6.31. The Morgan fingerprint density at radius 2 is 2.11 bits per heavy atom. The second-order valence-electron chi connectivity index (χ2n) is 5.33. The van der Waals surface area contributed by atoms with Crippen molar-refractivity contribution < 1.29 is 22.7 Å². The predicted octanol–water partition coefficient (Wildman–Crippen LogP) is 1.44. The third-order valence-corrected chi connectivity index (χ3v) is 5.46. The van der Waals surface area contributed by atoms with E-state index in [1.807, 2.05) is 0 Å². The molecule has 3 atom stereocenters. The van der Waals surface area contributed by atoms with E-state index in [1.54, 1.807) is 0 Å². The normalized spacial score (nSPS) is 29.8. The summed E-state index contributed by atoms with van der Waals surface area (Å²) in [4.78, 5) is 10.7. The molecule has 104 valence electrons. The van der Waals surface area contributed by atoms with E-state index in [0.717, 1.165) is 25.3 Å². The van der Waals surface area contributed by atoms with Gasteiger partial charge in [0.05, 0.1) is 0 Å². The summed E-state index contributed by atoms with van der Waals surface area (Å²) in [5, 5.41) is 8.40. The zero-order valence-electron chi connectivity index (χ0n) is 10.2. The molecule has 0 aliphatic heterocycles. The second kappa shape index (κ2) is 4.35. The number of carboxylic acids is 1. The van der Waals surface area contributed by atoms with Crippen LogP contribution in [0.4, 0.5) is 0 Å². The molecule has 0 radical (unpaired) electrons. The zero-order chi connectivity index (χ0) is 13.6. The van der Waals surface area contributed by atoms with E-state index in [-0.39, 0.29) is 16.9 Å². The van der Waals surface area contributed by atoms with Crippen LogP contribution in [0.3, 0.4) is 0 Å². The quantitative estimate of drug-likeness (QED) is 0.872. The van der Waals surface area contributed by atoms with Gasteiger partial charge in [0.1, 0.15) is 0 Å². The predicted molar refractivity (Wildman–Crippen MR) is 65.2 cm³/mol. The molecule has 2 aliphatic rings. The molecule has 2 aliphatic carbocycles. The maximum Gasteiger partial charge on any atom is 0.371 e. The van der Waals surface area contributed by atoms with Gasteiger partial charge in [-0.2, -0.15) is 0 Å². The molecule has 1 aromatic rings. The number of furan rings is 1. The van der Waals surface area contributed by atoms with Gasteiger partial charge in [-0.05, 0) is 43.2 Å². The lowest BCUT2D eigenvalue weighted by Crippen LogP contribution is -2.38. The lowest BCUT2D eigenvalue weighted by molar-refractivity contribution is 0.0656. The molecule has 3 rings (SSSR count). The number of carboxylic acid groups (broad SMARTS) is 1. The van der Waals surface area contributed by atoms with Crippen LogP contribution >= 0.6 is 0 Å². The van der Waals surface area contributed by atoms with Crippen LogP contribution < -0.4 is 4.72 Å². The van der Waals surface area contributed by atoms with Crippen molar-refractivity contribution in [1.82, 2.24) is 4.72 Å². The van der Waals surface area contributed by atoms with E-state index in [0.29, 0.717) is 11.8 Å². The Kier molecular flexibility index (Phi) is 2.90. The largest absolute Gasteiger partial charge is 0.475 e. The van der Waals surface area contributed by atoms with Crippen LogP contribution in [0.15, 0.2) is 21.6 Å². The minimum Gasteiger partial charge on any atom is -0.475 e. The highest BCUT2D eigenvalue weighted by Gasteiger charge is 2.41. The van der Waals surface area contributed by atoms with Gasteiger partial charge < -0.3 is 9.52 Å². The number of hydrogen-bond donors (Lipinski definition) is 2. The van der Waals surface area contributed by atoms with Gasteiger partial charge in [-0.15, -0.1) is 0 Å². The molecule has 0 amide bonds. The Balaban J connectivity index is 1.77. The van der Waals surface area contributed by atoms with E-state index in [4.69, 9.17) is 9.52 Å². The molecule has 0 aromatic carbocycles. The summed E-state index contributed by atoms with van der Waals surface area (Å²) in [5.74, 6) is -0.604. The Morgan fingerprint density at radius 1 is 1.32 bits per heavy atom. The lowest BCUT2D eigenvalue weighted by Gasteiger charge is -2.21. The minimum absolute atomic E-state index is 0.0397. The summed E-state index contributed by atoms with van der Waals surface area (Å²) in [5.41, 5.74) is 0. The molecule has 2 N–H and O–H groups in total. The van der Waals surface area contributed by atoms with Crippen LogP contribution in [0, 0.1) is 11.8 Å². The summed E-state index contributed by atoms with van der Waals surface area (Å²) in [6, 6.07) is 2.29. The van der Waals surface area contributed by atoms with Crippen molar-refractivity contribution in [2.24, 2.45) is 11.8 Å². The van der Waals surface area contributed by atoms with Gasteiger partial charge >= 0.3 is 5.97 Å². The number of hydrogen-bond acceptors (Lipinski definition) is 4. The summed E-state index contributed by atoms with van der Waals surface area (Å²) < 4.78 is 31.7. The van der Waals surface area contributed by atoms with E-state index in [9.17, 15) is 13.2 Å². The molecule has 2 bridgehead atoms. The third kappa shape index (κ3) is 2.28. The van der Waals surface area contributed by atoms with Crippen LogP contribution in [-0.2, 0) is 10.0 Å². The molecule has 1 aromatic heterocycles. The monoisotopic (exact) mass is 285 g/mol. The van der Waals surface area contributed by atoms with Crippen molar-refractivity contribution in [2.45, 2.75) is 36.8 Å². The molecule has 0 spiro atoms. The minimum atomic E-state index is -3.76. The topological polar surface area (TPSA) is 96.6 Å². The summed E-state index contributed by atoms with van der Waals surface area (Å²) >= 11 is 0. The Bertz CT molecular complexity index is 605. The Morgan fingerprint density at radius 3 is 2.63 bits per heavy atom. The SMILES string of the molecule is O=C(O)c1ccc(S(=O)(=O)NC2CC3CCC2C3)o1. The summed E-state index contributed by atoms with van der Waals surface area (Å²) in [7, 11) is -3.76. The smallest absolute Gasteiger partial charge is 0.371 e. The molecule has 0 saturated heterocycles. The lowest BCUT2D eigenvalue weighted by atomic mass is 9.96. The number of nitrogens with one attached hydrogen (secondary N) is 1. The highest BCUT2D eigenvalue weighted by Crippen LogP contribution is 2.44. The molecule has 2 saturated carbocycles. The van der Waals surface area contributed by atoms with Crippen molar-refractivity contribution >= 4 is 16.0 Å². The molecular weight excluding hydrogens is 270 g/mol. The maximum atomic E-state index is 12.1. The highest BCUT2D eigenvalue weighted by molar-refractivity contribution is 7.89. The standard InChI is InChI=1S/C12H15NO5S/c14-12(15)10-3-4-11(18-10)19(16,17)13-9-6-7-1-2-8(9)5-7/h3-4,7-9,13H,1-2,5-6H2,(H,14,15). The molecular formula is C12H15NO5S. The molecule has 7 heteroatoms. The first kappa shape index (κ1) is 12.7. The first-order chi connectivity index (χ1) is 8.95. The summed E-state index contributed by atoms with van der Waals surface area (Å²) in [6.45, 7) is 0. The third-order valence-electron chi connectivity index (χ3n) is 4.10. The van der Waals surface area contributed by atoms with Gasteiger partial charge in [-0.3, -0.25) is 0 Å². The van der Waals surface area contributed by atoms with E-state index >= 15 is 0 Å². The van der Waals surface area contributed by atoms with Crippen molar-refractivity contribution in [1.29, 1.82) is 0 Å². The Hall–Kier alpha value is -1.34. The van der Waals surface area contributed by atoms with Crippen LogP contribution in [0.5, 0.6) is 0 Å². The van der Waals surface area contributed by atoms with Gasteiger partial charge in [0.2, 0.25) is 10.9 Å². The van der Waals surface area contributed by atoms with Crippen molar-refractivity contribution in [3.05, 3.63) is 17.9 Å². The average Bonchev–Trinajstić information content (AvgIpc) is 3.04. The van der Waals surface area contributed by atoms with Crippen LogP contribution in [0.1, 0.15) is 36.2 Å². The van der Waals surface area contributed by atoms with Crippen molar-refractivity contribution in [2.75, 3.05) is 0 Å². The van der Waals surface area contributed by atoms with E-state index in [2.05, 4.69) is 4.72 Å². The average molecular weight is 285 g/mol. The van der Waals surface area contributed by atoms with Gasteiger partial charge in [0, 0.05) is 6.04 Å². The van der Waals surface area contributed by atoms with E-state index in [1.165, 1.54) is 12.5 Å². The maximum absolute atomic E-state index is 12.1. The van der Waals surface area contributed by atoms with Crippen LogP contribution in [0.2, 0.25) is 0 Å². The number of rotatable bonds is 4. The zero-order valence-corrected chi connectivity index (χ0v) is 11.0. The first-order valence-corrected chi connectivity index (χ1v) is 7.79. The van der Waals surface area contributed by atoms with Crippen LogP contribution in [0.25, 0.3) is 0 Å². The number of sulfonamides is 1. The molecule has 2 fully saturated rings. The van der Waals surface area contributed by atoms with Crippen molar-refractivity contribution in [3.63, 3.8) is 0 Å². The van der Waals surface area contributed by atoms with Gasteiger partial charge in [-0.1, -0.05) is 6.42 Å². The number of carbonyl (C=O) groups is 1.